The number of pyridine rings is 1. The van der Waals surface area contributed by atoms with Crippen LogP contribution in [0.25, 0.3) is 72.3 Å². The number of benzene rings is 7. The minimum Gasteiger partial charge on any atom is -0.510 e. The number of ether oxygens (including phenoxy) is 1. The van der Waals surface area contributed by atoms with Gasteiger partial charge < -0.3 is 13.9 Å². The smallest absolute Gasteiger partial charge is 0.268 e. The van der Waals surface area contributed by atoms with Crippen molar-refractivity contribution >= 4 is 32.8 Å². The zero-order valence-corrected chi connectivity index (χ0v) is 30.8. The van der Waals surface area contributed by atoms with Crippen LogP contribution in [0.15, 0.2) is 176 Å². The standard InChI is InChI=1S/C49H32N4O.Pt/c1-34-28-29-50-48(30-34)53-44-23-9-8-20-42(44)43-27-26-39(32-47(43)53)54-38-19-12-18-37(31-38)51-33-52(46-25-11-10-24-45(46)51)49-40(35-14-4-2-5-15-35)21-13-22-41(49)36-16-6-3-7-17-36;/h2-30H,1H3;/q-2;/i1D3,2D,3D,4D,5D,6D,7D,14D,15D,16D,17D;. The van der Waals surface area contributed by atoms with E-state index in [4.69, 9.17) is 22.6 Å². The molecule has 6 heteroatoms. The van der Waals surface area contributed by atoms with Crippen LogP contribution >= 0.6 is 0 Å². The van der Waals surface area contributed by atoms with Crippen LogP contribution < -0.4 is 9.30 Å². The van der Waals surface area contributed by atoms with E-state index in [2.05, 4.69) is 23.4 Å². The van der Waals surface area contributed by atoms with Crippen molar-refractivity contribution in [2.45, 2.75) is 6.85 Å². The molecule has 5 nitrogen and oxygen atoms in total. The number of aromatic nitrogens is 4. The summed E-state index contributed by atoms with van der Waals surface area (Å²) in [6.45, 7) is -2.35. The van der Waals surface area contributed by atoms with E-state index in [1.54, 1.807) is 69.8 Å². The Kier molecular flexibility index (Phi) is 5.90. The molecule has 0 radical (unpaired) electrons. The van der Waals surface area contributed by atoms with Crippen LogP contribution in [0.4, 0.5) is 0 Å². The van der Waals surface area contributed by atoms with Crippen molar-refractivity contribution in [2.75, 3.05) is 0 Å². The predicted octanol–water partition coefficient (Wildman–Crippen LogP) is 11.2. The SMILES string of the molecule is [2H]c1c([2H])c([2H])c(-c2cccc(-c3c([2H])c([2H])c([2H])c([2H])c3[2H])c2-[n+]2[c-]n(-c3[c-]c(Oc4[c-]c5c(cc4)c4ccccc4n5-c4cc(C([2H])([2H])[2H])ccn4)ccc3)c3ccccc32)c([2H])c1[2H].[Pt]. The van der Waals surface area contributed by atoms with Gasteiger partial charge in [-0.1, -0.05) is 127 Å². The Balaban J connectivity index is 0.00000578. The molecule has 55 heavy (non-hydrogen) atoms. The van der Waals surface area contributed by atoms with E-state index in [0.717, 1.165) is 16.3 Å². The summed E-state index contributed by atoms with van der Waals surface area (Å²) < 4.78 is 122. The van der Waals surface area contributed by atoms with Gasteiger partial charge in [0, 0.05) is 48.4 Å². The van der Waals surface area contributed by atoms with Crippen molar-refractivity contribution in [2.24, 2.45) is 0 Å². The van der Waals surface area contributed by atoms with Crippen LogP contribution in [0.1, 0.15) is 23.4 Å². The molecule has 3 aromatic heterocycles. The van der Waals surface area contributed by atoms with Gasteiger partial charge in [0.25, 0.3) is 6.33 Å². The van der Waals surface area contributed by atoms with E-state index in [0.29, 0.717) is 33.8 Å². The first-order valence-electron chi connectivity index (χ1n) is 23.4. The molecule has 0 N–H and O–H groups in total. The fraction of sp³-hybridized carbons (Fsp3) is 0.0204. The Labute approximate surface area is 351 Å². The summed E-state index contributed by atoms with van der Waals surface area (Å²) in [5.41, 5.74) is 3.10. The van der Waals surface area contributed by atoms with Gasteiger partial charge in [0.1, 0.15) is 5.82 Å². The Hall–Kier alpha value is -6.55. The minimum atomic E-state index is -2.35. The summed E-state index contributed by atoms with van der Waals surface area (Å²) in [5.74, 6) is 1.01. The van der Waals surface area contributed by atoms with Crippen LogP contribution in [0.3, 0.4) is 0 Å². The summed E-state index contributed by atoms with van der Waals surface area (Å²) in [5, 5.41) is 1.74. The van der Waals surface area contributed by atoms with Gasteiger partial charge >= 0.3 is 0 Å². The number of fused-ring (bicyclic) bond motifs is 4. The molecule has 0 bridgehead atoms. The Morgan fingerprint density at radius 3 is 2.13 bits per heavy atom. The van der Waals surface area contributed by atoms with Crippen molar-refractivity contribution in [1.82, 2.24) is 14.1 Å². The van der Waals surface area contributed by atoms with Crippen molar-refractivity contribution < 1.29 is 48.2 Å². The zero-order chi connectivity index (χ0) is 47.2. The van der Waals surface area contributed by atoms with E-state index in [1.165, 1.54) is 18.3 Å². The molecule has 0 saturated heterocycles. The van der Waals surface area contributed by atoms with E-state index >= 15 is 0 Å². The molecule has 0 amide bonds. The van der Waals surface area contributed by atoms with Gasteiger partial charge in [0.15, 0.2) is 0 Å². The number of nitrogens with zero attached hydrogens (tertiary/aromatic N) is 4. The molecule has 3 heterocycles. The molecule has 7 aromatic carbocycles. The van der Waals surface area contributed by atoms with Gasteiger partial charge in [-0.3, -0.25) is 4.57 Å². The predicted molar refractivity (Wildman–Crippen MR) is 216 cm³/mol. The van der Waals surface area contributed by atoms with Crippen molar-refractivity contribution in [3.63, 3.8) is 0 Å². The zero-order valence-electron chi connectivity index (χ0n) is 41.5. The average molecular weight is 901 g/mol. The third kappa shape index (κ3) is 6.13. The van der Waals surface area contributed by atoms with E-state index in [-0.39, 0.29) is 60.3 Å². The topological polar surface area (TPSA) is 35.9 Å². The maximum atomic E-state index is 8.96. The summed E-state index contributed by atoms with van der Waals surface area (Å²) in [4.78, 5) is 4.54. The number of para-hydroxylation sites is 4. The Morgan fingerprint density at radius 2 is 1.36 bits per heavy atom. The third-order valence-corrected chi connectivity index (χ3v) is 9.11. The van der Waals surface area contributed by atoms with Gasteiger partial charge in [-0.2, -0.15) is 18.2 Å². The third-order valence-electron chi connectivity index (χ3n) is 9.11. The first-order chi connectivity index (χ1) is 32.0. The molecule has 266 valence electrons. The summed E-state index contributed by atoms with van der Waals surface area (Å²) in [6, 6.07) is 32.7. The number of aryl methyl sites for hydroxylation is 1. The number of hydrogen-bond donors (Lipinski definition) is 0. The molecule has 0 unspecified atom stereocenters. The maximum Gasteiger partial charge on any atom is 0.268 e. The fourth-order valence-corrected chi connectivity index (χ4v) is 6.82. The second-order valence-electron chi connectivity index (χ2n) is 12.3. The Bertz CT molecular complexity index is 3550. The maximum absolute atomic E-state index is 8.96. The van der Waals surface area contributed by atoms with E-state index < -0.39 is 67.3 Å². The van der Waals surface area contributed by atoms with Crippen LogP contribution in [0, 0.1) is 25.3 Å². The van der Waals surface area contributed by atoms with Crippen molar-refractivity contribution in [3.8, 4) is 50.9 Å². The quantitative estimate of drug-likeness (QED) is 0.118. The van der Waals surface area contributed by atoms with Gasteiger partial charge in [-0.15, -0.1) is 29.7 Å². The molecule has 0 fully saturated rings. The minimum absolute atomic E-state index is 0. The molecule has 0 atom stereocenters. The Morgan fingerprint density at radius 1 is 0.673 bits per heavy atom. The molecule has 0 spiro atoms. The second-order valence-corrected chi connectivity index (χ2v) is 12.3. The first-order valence-corrected chi connectivity index (χ1v) is 16.9. The molecule has 0 saturated carbocycles. The molecular weight excluding hydrogens is 856 g/mol. The van der Waals surface area contributed by atoms with E-state index in [9.17, 15) is 0 Å². The number of imidazole rings is 1. The summed E-state index contributed by atoms with van der Waals surface area (Å²) in [6.07, 6.45) is 4.82. The molecular formula is C49H32N4OPt-2. The molecule has 0 aliphatic heterocycles. The molecule has 0 aliphatic carbocycles. The van der Waals surface area contributed by atoms with Gasteiger partial charge in [-0.05, 0) is 63.9 Å². The van der Waals surface area contributed by atoms with Crippen molar-refractivity contribution in [3.05, 3.63) is 200 Å². The summed E-state index contributed by atoms with van der Waals surface area (Å²) in [7, 11) is 0. The number of rotatable bonds is 7. The summed E-state index contributed by atoms with van der Waals surface area (Å²) >= 11 is 0. The molecule has 10 rings (SSSR count). The van der Waals surface area contributed by atoms with Gasteiger partial charge in [0.2, 0.25) is 0 Å². The van der Waals surface area contributed by atoms with Gasteiger partial charge in [-0.25, -0.2) is 4.98 Å². The first kappa shape index (κ1) is 22.6. The normalized spacial score (nSPS) is 14.8. The molecule has 10 aromatic rings. The van der Waals surface area contributed by atoms with Crippen LogP contribution in [-0.2, 0) is 21.1 Å². The monoisotopic (exact) mass is 900 g/mol. The molecule has 0 aliphatic rings. The van der Waals surface area contributed by atoms with Gasteiger partial charge in [0.05, 0.1) is 30.4 Å². The second kappa shape index (κ2) is 14.4. The number of hydrogen-bond acceptors (Lipinski definition) is 2. The van der Waals surface area contributed by atoms with Crippen LogP contribution in [0.5, 0.6) is 11.5 Å². The van der Waals surface area contributed by atoms with Crippen LogP contribution in [0.2, 0.25) is 0 Å². The van der Waals surface area contributed by atoms with E-state index in [1.807, 2.05) is 41.0 Å². The fourth-order valence-electron chi connectivity index (χ4n) is 6.82. The van der Waals surface area contributed by atoms with Crippen LogP contribution in [-0.4, -0.2) is 14.1 Å². The van der Waals surface area contributed by atoms with Crippen molar-refractivity contribution in [1.29, 1.82) is 0 Å². The average Bonchev–Trinajstić information content (AvgIpc) is 3.87. The largest absolute Gasteiger partial charge is 0.510 e.